The summed E-state index contributed by atoms with van der Waals surface area (Å²) in [5.41, 5.74) is 12.9. The fourth-order valence-corrected chi connectivity index (χ4v) is 4.89. The van der Waals surface area contributed by atoms with Gasteiger partial charge in [0.1, 0.15) is 27.7 Å². The Bertz CT molecular complexity index is 823. The van der Waals surface area contributed by atoms with Crippen molar-refractivity contribution in [3.8, 4) is 16.5 Å². The molecule has 3 heterocycles. The summed E-state index contributed by atoms with van der Waals surface area (Å²) in [5.74, 6) is -0.0114. The van der Waals surface area contributed by atoms with Gasteiger partial charge < -0.3 is 16.8 Å². The number of carbonyl (C=O) groups is 1. The average Bonchev–Trinajstić information content (AvgIpc) is 3.11. The molecule has 1 amide bonds. The van der Waals surface area contributed by atoms with E-state index in [9.17, 15) is 10.1 Å². The van der Waals surface area contributed by atoms with Crippen molar-refractivity contribution < 1.29 is 4.79 Å². The summed E-state index contributed by atoms with van der Waals surface area (Å²) in [5, 5.41) is 14.5. The molecule has 2 aromatic heterocycles. The van der Waals surface area contributed by atoms with E-state index in [1.165, 1.54) is 23.1 Å². The second-order valence-corrected chi connectivity index (χ2v) is 7.45. The van der Waals surface area contributed by atoms with Crippen LogP contribution in [0.5, 0.6) is 0 Å². The Kier molecular flexibility index (Phi) is 3.80. The number of aromatic nitrogens is 1. The normalized spacial score (nSPS) is 22.4. The number of carbonyl (C=O) groups excluding carboxylic acids is 1. The quantitative estimate of drug-likeness (QED) is 0.781. The maximum absolute atomic E-state index is 11.8. The molecular weight excluding hydrogens is 330 g/mol. The summed E-state index contributed by atoms with van der Waals surface area (Å²) in [4.78, 5) is 17.2. The van der Waals surface area contributed by atoms with Crippen LogP contribution in [0.15, 0.2) is 22.5 Å². The van der Waals surface area contributed by atoms with E-state index in [4.69, 9.17) is 11.5 Å². The smallest absolute Gasteiger partial charge is 0.233 e. The van der Waals surface area contributed by atoms with Crippen LogP contribution in [-0.2, 0) is 10.3 Å². The highest BCUT2D eigenvalue weighted by molar-refractivity contribution is 8.01. The summed E-state index contributed by atoms with van der Waals surface area (Å²) >= 11 is 2.77. The molecule has 0 aromatic carbocycles. The number of nitrogens with zero attached hydrogens (tertiary/aromatic N) is 2. The maximum Gasteiger partial charge on any atom is 0.233 e. The molecule has 23 heavy (non-hydrogen) atoms. The number of hydrogen-bond donors (Lipinski definition) is 3. The molecule has 6 nitrogen and oxygen atoms in total. The molecule has 0 spiro atoms. The zero-order valence-electron chi connectivity index (χ0n) is 12.6. The van der Waals surface area contributed by atoms with E-state index in [1.54, 1.807) is 14.0 Å². The predicted molar refractivity (Wildman–Crippen MR) is 92.2 cm³/mol. The third-order valence-corrected chi connectivity index (χ3v) is 6.22. The Balaban J connectivity index is 2.38. The molecule has 8 heteroatoms. The highest BCUT2D eigenvalue weighted by atomic mass is 32.2. The summed E-state index contributed by atoms with van der Waals surface area (Å²) < 4.78 is 0. The van der Waals surface area contributed by atoms with Gasteiger partial charge in [0, 0.05) is 23.1 Å². The number of anilines is 1. The Hall–Kier alpha value is -2.08. The van der Waals surface area contributed by atoms with Crippen LogP contribution in [0.2, 0.25) is 0 Å². The van der Waals surface area contributed by atoms with Crippen molar-refractivity contribution in [2.75, 3.05) is 12.4 Å². The van der Waals surface area contributed by atoms with Crippen molar-refractivity contribution in [2.24, 2.45) is 11.5 Å². The van der Waals surface area contributed by atoms with Gasteiger partial charge in [-0.05, 0) is 18.4 Å². The number of thiophene rings is 1. The number of nitriles is 1. The van der Waals surface area contributed by atoms with Gasteiger partial charge in [-0.2, -0.15) is 5.26 Å². The lowest BCUT2D eigenvalue weighted by Gasteiger charge is -2.26. The van der Waals surface area contributed by atoms with Gasteiger partial charge >= 0.3 is 0 Å². The lowest BCUT2D eigenvalue weighted by molar-refractivity contribution is -0.118. The SMILES string of the molecule is CNc1nc2c(c(-c3cccs3)c1C#N)C(C)(N)C(C(N)=O)S2. The van der Waals surface area contributed by atoms with Gasteiger partial charge in [0.05, 0.1) is 5.54 Å². The first-order valence-corrected chi connectivity index (χ1v) is 8.62. The number of hydrogen-bond acceptors (Lipinski definition) is 7. The van der Waals surface area contributed by atoms with E-state index in [0.717, 1.165) is 10.4 Å². The molecule has 3 rings (SSSR count). The summed E-state index contributed by atoms with van der Waals surface area (Å²) in [6, 6.07) is 6.06. The van der Waals surface area contributed by atoms with Crippen LogP contribution in [0.1, 0.15) is 18.1 Å². The number of thioether (sulfide) groups is 1. The molecule has 2 aromatic rings. The highest BCUT2D eigenvalue weighted by Gasteiger charge is 2.48. The first-order chi connectivity index (χ1) is 10.9. The Morgan fingerprint density at radius 2 is 2.30 bits per heavy atom. The van der Waals surface area contributed by atoms with Crippen LogP contribution in [0, 0.1) is 11.3 Å². The number of nitrogens with one attached hydrogen (secondary N) is 1. The van der Waals surface area contributed by atoms with Crippen LogP contribution in [0.25, 0.3) is 10.4 Å². The van der Waals surface area contributed by atoms with Crippen molar-refractivity contribution in [3.05, 3.63) is 28.6 Å². The molecule has 0 bridgehead atoms. The van der Waals surface area contributed by atoms with Crippen LogP contribution in [0.3, 0.4) is 0 Å². The van der Waals surface area contributed by atoms with Gasteiger partial charge in [-0.25, -0.2) is 4.98 Å². The topological polar surface area (TPSA) is 118 Å². The monoisotopic (exact) mass is 345 g/mol. The number of rotatable bonds is 3. The summed E-state index contributed by atoms with van der Waals surface area (Å²) in [6.07, 6.45) is 0. The van der Waals surface area contributed by atoms with Gasteiger partial charge in [-0.15, -0.1) is 11.3 Å². The Morgan fingerprint density at radius 1 is 1.57 bits per heavy atom. The molecule has 1 aliphatic rings. The molecule has 0 fully saturated rings. The van der Waals surface area contributed by atoms with E-state index in [0.29, 0.717) is 22.0 Å². The lowest BCUT2D eigenvalue weighted by Crippen LogP contribution is -2.47. The molecular formula is C15H15N5OS2. The summed E-state index contributed by atoms with van der Waals surface area (Å²) in [6.45, 7) is 1.76. The molecule has 0 saturated carbocycles. The molecule has 2 atom stereocenters. The van der Waals surface area contributed by atoms with E-state index in [1.807, 2.05) is 17.5 Å². The minimum Gasteiger partial charge on any atom is -0.372 e. The van der Waals surface area contributed by atoms with Gasteiger partial charge in [-0.3, -0.25) is 4.79 Å². The van der Waals surface area contributed by atoms with Crippen molar-refractivity contribution in [3.63, 3.8) is 0 Å². The van der Waals surface area contributed by atoms with E-state index >= 15 is 0 Å². The molecule has 0 aliphatic carbocycles. The first-order valence-electron chi connectivity index (χ1n) is 6.86. The largest absolute Gasteiger partial charge is 0.372 e. The molecule has 0 radical (unpaired) electrons. The minimum absolute atomic E-state index is 0.427. The zero-order chi connectivity index (χ0) is 16.8. The van der Waals surface area contributed by atoms with Gasteiger partial charge in [0.25, 0.3) is 0 Å². The molecule has 5 N–H and O–H groups in total. The van der Waals surface area contributed by atoms with E-state index in [2.05, 4.69) is 16.4 Å². The third kappa shape index (κ3) is 2.28. The van der Waals surface area contributed by atoms with Gasteiger partial charge in [-0.1, -0.05) is 17.8 Å². The Morgan fingerprint density at radius 3 is 2.83 bits per heavy atom. The highest BCUT2D eigenvalue weighted by Crippen LogP contribution is 2.52. The fourth-order valence-electron chi connectivity index (χ4n) is 2.82. The van der Waals surface area contributed by atoms with Gasteiger partial charge in [0.15, 0.2) is 0 Å². The second-order valence-electron chi connectivity index (χ2n) is 5.41. The number of amides is 1. The standard InChI is InChI=1S/C15H15N5OS2/c1-15(18)10-9(8-4-3-5-22-8)7(6-16)13(19-2)20-14(10)23-11(15)12(17)21/h3-5,11H,18H2,1-2H3,(H2,17,21)(H,19,20). The van der Waals surface area contributed by atoms with Crippen molar-refractivity contribution in [1.82, 2.24) is 4.98 Å². The molecule has 0 saturated heterocycles. The minimum atomic E-state index is -0.990. The second kappa shape index (κ2) is 5.53. The number of primary amides is 1. The molecule has 1 aliphatic heterocycles. The number of nitrogens with two attached hydrogens (primary N) is 2. The van der Waals surface area contributed by atoms with Gasteiger partial charge in [0.2, 0.25) is 5.91 Å². The first kappa shape index (κ1) is 15.8. The van der Waals surface area contributed by atoms with Crippen LogP contribution in [-0.4, -0.2) is 23.2 Å². The average molecular weight is 345 g/mol. The van der Waals surface area contributed by atoms with E-state index < -0.39 is 16.7 Å². The molecule has 2 unspecified atom stereocenters. The zero-order valence-corrected chi connectivity index (χ0v) is 14.2. The van der Waals surface area contributed by atoms with Crippen LogP contribution in [0.4, 0.5) is 5.82 Å². The fraction of sp³-hybridized carbons (Fsp3) is 0.267. The maximum atomic E-state index is 11.8. The summed E-state index contributed by atoms with van der Waals surface area (Å²) in [7, 11) is 1.71. The van der Waals surface area contributed by atoms with Crippen molar-refractivity contribution in [2.45, 2.75) is 22.7 Å². The van der Waals surface area contributed by atoms with Crippen molar-refractivity contribution >= 4 is 34.8 Å². The van der Waals surface area contributed by atoms with Crippen LogP contribution < -0.4 is 16.8 Å². The van der Waals surface area contributed by atoms with Crippen molar-refractivity contribution in [1.29, 1.82) is 5.26 Å². The third-order valence-electron chi connectivity index (χ3n) is 3.85. The Labute approximate surface area is 141 Å². The van der Waals surface area contributed by atoms with E-state index in [-0.39, 0.29) is 0 Å². The number of pyridine rings is 1. The van der Waals surface area contributed by atoms with Crippen LogP contribution >= 0.6 is 23.1 Å². The number of fused-ring (bicyclic) bond motifs is 1. The molecule has 118 valence electrons. The predicted octanol–water partition coefficient (Wildman–Crippen LogP) is 1.86. The lowest BCUT2D eigenvalue weighted by atomic mass is 9.85.